The molecule has 0 fully saturated rings. The molecule has 0 rings (SSSR count). The molecule has 1 atom stereocenters. The second-order valence-corrected chi connectivity index (χ2v) is 3.50. The van der Waals surface area contributed by atoms with Gasteiger partial charge in [-0.25, -0.2) is 4.57 Å². The molecular formula is C2H11N2O6P2+. The van der Waals surface area contributed by atoms with E-state index in [-0.39, 0.29) is 0 Å². The Morgan fingerprint density at radius 1 is 1.33 bits per heavy atom. The van der Waals surface area contributed by atoms with Gasteiger partial charge in [-0.3, -0.25) is 0 Å². The van der Waals surface area contributed by atoms with Crippen molar-refractivity contribution in [2.45, 2.75) is 0 Å². The Balaban J connectivity index is 0. The summed E-state index contributed by atoms with van der Waals surface area (Å²) in [6.45, 7) is 1.19. The molecule has 0 aliphatic rings. The maximum Gasteiger partial charge on any atom is 0.705 e. The topological polar surface area (TPSA) is 156 Å². The Morgan fingerprint density at radius 2 is 1.67 bits per heavy atom. The number of hydrogen-bond acceptors (Lipinski definition) is 5. The maximum atomic E-state index is 9.57. The number of rotatable bonds is 3. The SMILES string of the molecule is NCCN.O=[P+](O)OP(=O)(O)O. The zero-order chi connectivity index (χ0) is 10.2. The van der Waals surface area contributed by atoms with Crippen molar-refractivity contribution in [1.82, 2.24) is 0 Å². The van der Waals surface area contributed by atoms with Gasteiger partial charge in [0.25, 0.3) is 0 Å². The minimum absolute atomic E-state index is 0.597. The van der Waals surface area contributed by atoms with Gasteiger partial charge in [0, 0.05) is 17.7 Å². The Bertz CT molecular complexity index is 165. The maximum absolute atomic E-state index is 9.57. The lowest BCUT2D eigenvalue weighted by molar-refractivity contribution is 0.273. The van der Waals surface area contributed by atoms with Crippen molar-refractivity contribution in [1.29, 1.82) is 0 Å². The molecule has 1 unspecified atom stereocenters. The van der Waals surface area contributed by atoms with E-state index in [4.69, 9.17) is 26.1 Å². The summed E-state index contributed by atoms with van der Waals surface area (Å²) in [5.41, 5.74) is 9.81. The van der Waals surface area contributed by atoms with Crippen LogP contribution in [0.15, 0.2) is 0 Å². The van der Waals surface area contributed by atoms with Gasteiger partial charge in [0.15, 0.2) is 0 Å². The first-order valence-corrected chi connectivity index (χ1v) is 5.31. The van der Waals surface area contributed by atoms with Crippen molar-refractivity contribution in [2.75, 3.05) is 13.1 Å². The first-order valence-electron chi connectivity index (χ1n) is 2.65. The van der Waals surface area contributed by atoms with Crippen molar-refractivity contribution < 1.29 is 28.1 Å². The van der Waals surface area contributed by atoms with Crippen LogP contribution in [-0.4, -0.2) is 27.8 Å². The van der Waals surface area contributed by atoms with E-state index in [1.807, 2.05) is 0 Å². The largest absolute Gasteiger partial charge is 0.705 e. The minimum Gasteiger partial charge on any atom is -0.329 e. The van der Waals surface area contributed by atoms with E-state index in [1.54, 1.807) is 0 Å². The monoisotopic (exact) mass is 221 g/mol. The highest BCUT2D eigenvalue weighted by molar-refractivity contribution is 7.54. The lowest BCUT2D eigenvalue weighted by Gasteiger charge is -1.86. The van der Waals surface area contributed by atoms with E-state index in [0.717, 1.165) is 0 Å². The summed E-state index contributed by atoms with van der Waals surface area (Å²) in [4.78, 5) is 23.1. The van der Waals surface area contributed by atoms with Gasteiger partial charge in [0.1, 0.15) is 0 Å². The lowest BCUT2D eigenvalue weighted by Crippen LogP contribution is -2.11. The summed E-state index contributed by atoms with van der Waals surface area (Å²) in [6.07, 6.45) is 0. The third-order valence-corrected chi connectivity index (χ3v) is 1.75. The molecule has 0 aromatic heterocycles. The van der Waals surface area contributed by atoms with Crippen LogP contribution in [0.5, 0.6) is 0 Å². The normalized spacial score (nSPS) is 11.6. The second kappa shape index (κ2) is 7.72. The van der Waals surface area contributed by atoms with Crippen molar-refractivity contribution in [2.24, 2.45) is 11.5 Å². The molecule has 8 nitrogen and oxygen atoms in total. The van der Waals surface area contributed by atoms with Gasteiger partial charge >= 0.3 is 16.1 Å². The zero-order valence-corrected chi connectivity index (χ0v) is 7.82. The van der Waals surface area contributed by atoms with Crippen LogP contribution in [0.2, 0.25) is 0 Å². The molecule has 7 N–H and O–H groups in total. The van der Waals surface area contributed by atoms with Gasteiger partial charge in [0.05, 0.1) is 0 Å². The molecule has 12 heavy (non-hydrogen) atoms. The van der Waals surface area contributed by atoms with Crippen LogP contribution in [0.1, 0.15) is 0 Å². The average Bonchev–Trinajstić information content (AvgIpc) is 1.83. The van der Waals surface area contributed by atoms with Crippen molar-refractivity contribution in [3.8, 4) is 0 Å². The molecule has 0 saturated heterocycles. The van der Waals surface area contributed by atoms with Crippen molar-refractivity contribution >= 4 is 16.1 Å². The van der Waals surface area contributed by atoms with Crippen molar-refractivity contribution in [3.05, 3.63) is 0 Å². The van der Waals surface area contributed by atoms with Crippen molar-refractivity contribution in [3.63, 3.8) is 0 Å². The third kappa shape index (κ3) is 22.5. The summed E-state index contributed by atoms with van der Waals surface area (Å²) in [5, 5.41) is 0. The van der Waals surface area contributed by atoms with Gasteiger partial charge in [0.2, 0.25) is 0 Å². The zero-order valence-electron chi connectivity index (χ0n) is 6.03. The summed E-state index contributed by atoms with van der Waals surface area (Å²) in [6, 6.07) is 0. The standard InChI is InChI=1S/C2H8N2.H2O6P2/c3-1-2-4;1-7(2)6-8(3,4)5/h1-4H2;(H2-,1,2,3,4,5)/p+1. The second-order valence-electron chi connectivity index (χ2n) is 1.39. The highest BCUT2D eigenvalue weighted by atomic mass is 31.2. The molecule has 0 aliphatic carbocycles. The van der Waals surface area contributed by atoms with E-state index in [1.165, 1.54) is 0 Å². The number of nitrogens with two attached hydrogens (primary N) is 2. The van der Waals surface area contributed by atoms with E-state index in [9.17, 15) is 9.13 Å². The molecule has 0 radical (unpaired) electrons. The predicted octanol–water partition coefficient (Wildman–Crippen LogP) is -1.35. The molecule has 0 amide bonds. The van der Waals surface area contributed by atoms with Crippen LogP contribution < -0.4 is 11.5 Å². The van der Waals surface area contributed by atoms with Gasteiger partial charge in [-0.05, 0) is 4.31 Å². The van der Waals surface area contributed by atoms with Gasteiger partial charge in [-0.2, -0.15) is 0 Å². The fourth-order valence-electron chi connectivity index (χ4n) is 0.0910. The molecule has 0 aliphatic heterocycles. The molecule has 0 bridgehead atoms. The molecule has 74 valence electrons. The summed E-state index contributed by atoms with van der Waals surface area (Å²) >= 11 is 0. The van der Waals surface area contributed by atoms with Gasteiger partial charge in [-0.1, -0.05) is 0 Å². The molecule has 0 aromatic rings. The van der Waals surface area contributed by atoms with Crippen LogP contribution in [0.4, 0.5) is 0 Å². The first kappa shape index (κ1) is 14.6. The fourth-order valence-corrected chi connectivity index (χ4v) is 0.819. The number of hydrogen-bond donors (Lipinski definition) is 5. The predicted molar refractivity (Wildman–Crippen MR) is 41.1 cm³/mol. The highest BCUT2D eigenvalue weighted by Crippen LogP contribution is 2.45. The Morgan fingerprint density at radius 3 is 1.67 bits per heavy atom. The minimum atomic E-state index is -4.76. The number of phosphoric acid groups is 1. The summed E-state index contributed by atoms with van der Waals surface area (Å²) < 4.78 is 22.2. The Kier molecular flexibility index (Phi) is 9.40. The van der Waals surface area contributed by atoms with Crippen LogP contribution in [0.3, 0.4) is 0 Å². The molecule has 0 saturated carbocycles. The van der Waals surface area contributed by atoms with E-state index in [0.29, 0.717) is 13.1 Å². The third-order valence-electron chi connectivity index (χ3n) is 0.343. The molecule has 0 aromatic carbocycles. The van der Waals surface area contributed by atoms with E-state index < -0.39 is 16.1 Å². The van der Waals surface area contributed by atoms with Crippen LogP contribution in [0.25, 0.3) is 0 Å². The molecular weight excluding hydrogens is 210 g/mol. The van der Waals surface area contributed by atoms with Gasteiger partial charge in [-0.15, -0.1) is 4.89 Å². The molecule has 0 heterocycles. The van der Waals surface area contributed by atoms with Crippen LogP contribution >= 0.6 is 16.1 Å². The average molecular weight is 221 g/mol. The Hall–Kier alpha value is 0.0900. The molecule has 0 spiro atoms. The lowest BCUT2D eigenvalue weighted by atomic mass is 10.7. The van der Waals surface area contributed by atoms with Crippen LogP contribution in [0, 0.1) is 0 Å². The highest BCUT2D eigenvalue weighted by Gasteiger charge is 2.29. The van der Waals surface area contributed by atoms with Crippen LogP contribution in [-0.2, 0) is 13.4 Å². The Labute approximate surface area is 69.7 Å². The molecule has 10 heteroatoms. The fraction of sp³-hybridized carbons (Fsp3) is 1.00. The quantitative estimate of drug-likeness (QED) is 0.366. The van der Waals surface area contributed by atoms with E-state index in [2.05, 4.69) is 4.31 Å². The van der Waals surface area contributed by atoms with Gasteiger partial charge < -0.3 is 21.3 Å². The summed E-state index contributed by atoms with van der Waals surface area (Å²) in [7, 11) is -7.96. The summed E-state index contributed by atoms with van der Waals surface area (Å²) in [5.74, 6) is 0. The smallest absolute Gasteiger partial charge is 0.329 e. The first-order chi connectivity index (χ1) is 5.33. The van der Waals surface area contributed by atoms with E-state index >= 15 is 0 Å².